The molecule has 1 aliphatic rings. The Kier molecular flexibility index (Phi) is 5.06. The van der Waals surface area contributed by atoms with Crippen LogP contribution >= 0.6 is 0 Å². The predicted molar refractivity (Wildman–Crippen MR) is 72.0 cm³/mol. The number of halogens is 3. The lowest BCUT2D eigenvalue weighted by Gasteiger charge is -2.22. The molecule has 21 heavy (non-hydrogen) atoms. The van der Waals surface area contributed by atoms with Gasteiger partial charge in [-0.1, -0.05) is 6.07 Å². The van der Waals surface area contributed by atoms with Crippen molar-refractivity contribution in [3.63, 3.8) is 0 Å². The Labute approximate surface area is 120 Å². The van der Waals surface area contributed by atoms with Gasteiger partial charge in [0.1, 0.15) is 0 Å². The molecule has 1 saturated heterocycles. The van der Waals surface area contributed by atoms with Crippen molar-refractivity contribution < 1.29 is 22.7 Å². The maximum Gasteiger partial charge on any atom is 0.416 e. The minimum Gasteiger partial charge on any atom is -0.449 e. The number of carbonyl (C=O) groups is 1. The molecular weight excluding hydrogens is 285 g/mol. The minimum atomic E-state index is -4.43. The van der Waals surface area contributed by atoms with E-state index in [1.165, 1.54) is 12.1 Å². The number of hydrogen-bond acceptors (Lipinski definition) is 3. The molecule has 116 valence electrons. The average Bonchev–Trinajstić information content (AvgIpc) is 2.46. The Morgan fingerprint density at radius 1 is 1.33 bits per heavy atom. The van der Waals surface area contributed by atoms with Gasteiger partial charge < -0.3 is 10.1 Å². The van der Waals surface area contributed by atoms with Gasteiger partial charge in [-0.2, -0.15) is 13.2 Å². The predicted octanol–water partition coefficient (Wildman–Crippen LogP) is 3.25. The second kappa shape index (κ2) is 6.80. The van der Waals surface area contributed by atoms with E-state index >= 15 is 0 Å². The number of benzene rings is 1. The van der Waals surface area contributed by atoms with Crippen molar-refractivity contribution in [2.24, 2.45) is 5.92 Å². The molecule has 0 radical (unpaired) electrons. The summed E-state index contributed by atoms with van der Waals surface area (Å²) in [7, 11) is 0. The lowest BCUT2D eigenvalue weighted by Crippen LogP contribution is -2.31. The molecule has 0 saturated carbocycles. The highest BCUT2D eigenvalue weighted by Gasteiger charge is 2.30. The summed E-state index contributed by atoms with van der Waals surface area (Å²) in [6, 6.07) is 4.46. The molecule has 1 aromatic carbocycles. The molecule has 2 rings (SSSR count). The fourth-order valence-corrected chi connectivity index (χ4v) is 2.17. The third-order valence-electron chi connectivity index (χ3n) is 3.35. The van der Waals surface area contributed by atoms with Gasteiger partial charge >= 0.3 is 12.3 Å². The number of nitrogens with one attached hydrogen (secondary N) is 2. The number of ether oxygens (including phenoxy) is 1. The third kappa shape index (κ3) is 4.93. The largest absolute Gasteiger partial charge is 0.449 e. The molecule has 0 unspecified atom stereocenters. The minimum absolute atomic E-state index is 0.0696. The van der Waals surface area contributed by atoms with Gasteiger partial charge in [-0.05, 0) is 50.0 Å². The first-order valence-electron chi connectivity index (χ1n) is 6.77. The SMILES string of the molecule is O=C(Nc1cccc(C(F)(F)F)c1)OCC1CCNCC1. The highest BCUT2D eigenvalue weighted by Crippen LogP contribution is 2.30. The zero-order valence-electron chi connectivity index (χ0n) is 11.4. The quantitative estimate of drug-likeness (QED) is 0.901. The number of piperidine rings is 1. The zero-order chi connectivity index (χ0) is 15.3. The molecule has 0 spiro atoms. The van der Waals surface area contributed by atoms with Gasteiger partial charge in [0.2, 0.25) is 0 Å². The van der Waals surface area contributed by atoms with Crippen LogP contribution in [-0.4, -0.2) is 25.8 Å². The molecular formula is C14H17F3N2O2. The van der Waals surface area contributed by atoms with Crippen LogP contribution in [0.4, 0.5) is 23.7 Å². The standard InChI is InChI=1S/C14H17F3N2O2/c15-14(16,17)11-2-1-3-12(8-11)19-13(20)21-9-10-4-6-18-7-5-10/h1-3,8,10,18H,4-7,9H2,(H,19,20). The Balaban J connectivity index is 1.84. The summed E-state index contributed by atoms with van der Waals surface area (Å²) < 4.78 is 42.7. The molecule has 1 amide bonds. The van der Waals surface area contributed by atoms with Crippen LogP contribution < -0.4 is 10.6 Å². The van der Waals surface area contributed by atoms with E-state index in [1.54, 1.807) is 0 Å². The molecule has 7 heteroatoms. The Morgan fingerprint density at radius 2 is 2.05 bits per heavy atom. The molecule has 0 aromatic heterocycles. The first kappa shape index (κ1) is 15.6. The molecule has 1 fully saturated rings. The Morgan fingerprint density at radius 3 is 2.71 bits per heavy atom. The number of anilines is 1. The maximum atomic E-state index is 12.5. The third-order valence-corrected chi connectivity index (χ3v) is 3.35. The summed E-state index contributed by atoms with van der Waals surface area (Å²) >= 11 is 0. The second-order valence-electron chi connectivity index (χ2n) is 5.00. The Hall–Kier alpha value is -1.76. The Bertz CT molecular complexity index is 485. The lowest BCUT2D eigenvalue weighted by molar-refractivity contribution is -0.137. The summed E-state index contributed by atoms with van der Waals surface area (Å²) in [5.41, 5.74) is -0.737. The lowest BCUT2D eigenvalue weighted by atomic mass is 9.99. The van der Waals surface area contributed by atoms with E-state index in [1.807, 2.05) is 0 Å². The fourth-order valence-electron chi connectivity index (χ4n) is 2.17. The van der Waals surface area contributed by atoms with Crippen LogP contribution in [0.2, 0.25) is 0 Å². The van der Waals surface area contributed by atoms with Crippen LogP contribution in [0.15, 0.2) is 24.3 Å². The van der Waals surface area contributed by atoms with Gasteiger partial charge in [0.05, 0.1) is 12.2 Å². The molecule has 2 N–H and O–H groups in total. The topological polar surface area (TPSA) is 50.4 Å². The number of carbonyl (C=O) groups excluding carboxylic acids is 1. The highest BCUT2D eigenvalue weighted by molar-refractivity contribution is 5.84. The van der Waals surface area contributed by atoms with E-state index in [9.17, 15) is 18.0 Å². The van der Waals surface area contributed by atoms with Crippen molar-refractivity contribution in [2.75, 3.05) is 25.0 Å². The highest BCUT2D eigenvalue weighted by atomic mass is 19.4. The van der Waals surface area contributed by atoms with Crippen LogP contribution in [0.1, 0.15) is 18.4 Å². The summed E-state index contributed by atoms with van der Waals surface area (Å²) in [6.07, 6.45) is -3.31. The van der Waals surface area contributed by atoms with Crippen molar-refractivity contribution in [3.05, 3.63) is 29.8 Å². The van der Waals surface area contributed by atoms with Crippen molar-refractivity contribution in [3.8, 4) is 0 Å². The molecule has 0 atom stereocenters. The van der Waals surface area contributed by atoms with Gasteiger partial charge in [0.15, 0.2) is 0 Å². The van der Waals surface area contributed by atoms with Crippen molar-refractivity contribution >= 4 is 11.8 Å². The van der Waals surface area contributed by atoms with Crippen molar-refractivity contribution in [1.82, 2.24) is 5.32 Å². The molecule has 1 heterocycles. The summed E-state index contributed by atoms with van der Waals surface area (Å²) in [5, 5.41) is 5.52. The van der Waals surface area contributed by atoms with Crippen molar-refractivity contribution in [1.29, 1.82) is 0 Å². The fraction of sp³-hybridized carbons (Fsp3) is 0.500. The van der Waals surface area contributed by atoms with Gasteiger partial charge in [0.25, 0.3) is 0 Å². The van der Waals surface area contributed by atoms with E-state index < -0.39 is 17.8 Å². The van der Waals surface area contributed by atoms with Gasteiger partial charge in [-0.15, -0.1) is 0 Å². The number of rotatable bonds is 3. The van der Waals surface area contributed by atoms with E-state index in [-0.39, 0.29) is 12.3 Å². The number of hydrogen-bond donors (Lipinski definition) is 2. The zero-order valence-corrected chi connectivity index (χ0v) is 11.4. The normalized spacial score (nSPS) is 16.5. The van der Waals surface area contributed by atoms with E-state index in [2.05, 4.69) is 10.6 Å². The van der Waals surface area contributed by atoms with Gasteiger partial charge in [-0.25, -0.2) is 4.79 Å². The monoisotopic (exact) mass is 302 g/mol. The summed E-state index contributed by atoms with van der Waals surface area (Å²) in [4.78, 5) is 11.6. The smallest absolute Gasteiger partial charge is 0.416 e. The van der Waals surface area contributed by atoms with Gasteiger partial charge in [-0.3, -0.25) is 5.32 Å². The second-order valence-corrected chi connectivity index (χ2v) is 5.00. The van der Waals surface area contributed by atoms with Crippen LogP contribution in [0, 0.1) is 5.92 Å². The van der Waals surface area contributed by atoms with Crippen LogP contribution in [-0.2, 0) is 10.9 Å². The summed E-state index contributed by atoms with van der Waals surface area (Å²) in [6.45, 7) is 2.07. The molecule has 4 nitrogen and oxygen atoms in total. The van der Waals surface area contributed by atoms with E-state index in [0.29, 0.717) is 5.92 Å². The van der Waals surface area contributed by atoms with E-state index in [4.69, 9.17) is 4.74 Å². The van der Waals surface area contributed by atoms with Gasteiger partial charge in [0, 0.05) is 5.69 Å². The van der Waals surface area contributed by atoms with Crippen LogP contribution in [0.25, 0.3) is 0 Å². The summed E-state index contributed by atoms with van der Waals surface area (Å²) in [5.74, 6) is 0.304. The molecule has 1 aromatic rings. The number of amides is 1. The molecule has 0 aliphatic carbocycles. The average molecular weight is 302 g/mol. The molecule has 0 bridgehead atoms. The van der Waals surface area contributed by atoms with Crippen LogP contribution in [0.3, 0.4) is 0 Å². The van der Waals surface area contributed by atoms with E-state index in [0.717, 1.165) is 38.1 Å². The molecule has 1 aliphatic heterocycles. The first-order chi connectivity index (χ1) is 9.95. The first-order valence-corrected chi connectivity index (χ1v) is 6.77. The maximum absolute atomic E-state index is 12.5. The number of alkyl halides is 3. The van der Waals surface area contributed by atoms with Crippen LogP contribution in [0.5, 0.6) is 0 Å². The van der Waals surface area contributed by atoms with Crippen molar-refractivity contribution in [2.45, 2.75) is 19.0 Å².